The van der Waals surface area contributed by atoms with Gasteiger partial charge in [0.15, 0.2) is 0 Å². The molecule has 0 N–H and O–H groups in total. The molecule has 94 valence electrons. The minimum Gasteiger partial charge on any atom is -0.354 e. The summed E-state index contributed by atoms with van der Waals surface area (Å²) >= 11 is 1.93. The third-order valence-corrected chi connectivity index (χ3v) is 3.79. The fourth-order valence-corrected chi connectivity index (χ4v) is 2.51. The van der Waals surface area contributed by atoms with E-state index in [1.807, 2.05) is 18.0 Å². The van der Waals surface area contributed by atoms with Crippen molar-refractivity contribution in [1.29, 1.82) is 0 Å². The molecule has 0 aliphatic carbocycles. The van der Waals surface area contributed by atoms with E-state index in [1.54, 1.807) is 0 Å². The Morgan fingerprint density at radius 2 is 2.00 bits per heavy atom. The van der Waals surface area contributed by atoms with Gasteiger partial charge in [-0.3, -0.25) is 4.90 Å². The molecule has 2 heterocycles. The molecule has 1 aromatic rings. The molecular weight excluding hydrogens is 230 g/mol. The Labute approximate surface area is 108 Å². The quantitative estimate of drug-likeness (QED) is 0.813. The first kappa shape index (κ1) is 12.7. The summed E-state index contributed by atoms with van der Waals surface area (Å²) < 4.78 is 0. The molecule has 0 unspecified atom stereocenters. The van der Waals surface area contributed by atoms with E-state index < -0.39 is 0 Å². The van der Waals surface area contributed by atoms with Crippen LogP contribution in [0.4, 0.5) is 5.82 Å². The van der Waals surface area contributed by atoms with Crippen LogP contribution in [0.5, 0.6) is 0 Å². The summed E-state index contributed by atoms with van der Waals surface area (Å²) in [6.07, 6.45) is 4.13. The Balaban J connectivity index is 1.84. The lowest BCUT2D eigenvalue weighted by Gasteiger charge is -2.35. The van der Waals surface area contributed by atoms with Gasteiger partial charge in [-0.05, 0) is 24.8 Å². The standard InChI is InChI=1S/C13H21N3S/c1-12-3-4-13(14-11-12)16-7-5-15(6-8-16)9-10-17-2/h3-4,11H,5-10H2,1-2H3. The second kappa shape index (κ2) is 6.26. The zero-order chi connectivity index (χ0) is 12.1. The van der Waals surface area contributed by atoms with Crippen LogP contribution in [-0.2, 0) is 0 Å². The van der Waals surface area contributed by atoms with E-state index >= 15 is 0 Å². The smallest absolute Gasteiger partial charge is 0.128 e. The lowest BCUT2D eigenvalue weighted by Crippen LogP contribution is -2.47. The molecule has 0 bridgehead atoms. The van der Waals surface area contributed by atoms with Gasteiger partial charge in [-0.15, -0.1) is 0 Å². The fraction of sp³-hybridized carbons (Fsp3) is 0.615. The minimum atomic E-state index is 1.10. The van der Waals surface area contributed by atoms with E-state index in [2.05, 4.69) is 40.1 Å². The van der Waals surface area contributed by atoms with Crippen LogP contribution in [0.1, 0.15) is 5.56 Å². The predicted molar refractivity (Wildman–Crippen MR) is 76.0 cm³/mol. The van der Waals surface area contributed by atoms with Crippen LogP contribution in [-0.4, -0.2) is 54.6 Å². The van der Waals surface area contributed by atoms with Gasteiger partial charge >= 0.3 is 0 Å². The zero-order valence-corrected chi connectivity index (χ0v) is 11.5. The third-order valence-electron chi connectivity index (χ3n) is 3.20. The molecule has 0 aromatic carbocycles. The van der Waals surface area contributed by atoms with Gasteiger partial charge < -0.3 is 4.90 Å². The number of aryl methyl sites for hydroxylation is 1. The maximum absolute atomic E-state index is 4.49. The molecule has 1 aliphatic heterocycles. The van der Waals surface area contributed by atoms with Crippen molar-refractivity contribution in [3.05, 3.63) is 23.9 Å². The summed E-state index contributed by atoms with van der Waals surface area (Å²) in [4.78, 5) is 9.42. The summed E-state index contributed by atoms with van der Waals surface area (Å²) in [5.74, 6) is 2.36. The van der Waals surface area contributed by atoms with E-state index in [9.17, 15) is 0 Å². The summed E-state index contributed by atoms with van der Waals surface area (Å²) in [6.45, 7) is 7.83. The van der Waals surface area contributed by atoms with Crippen LogP contribution in [0.2, 0.25) is 0 Å². The average molecular weight is 251 g/mol. The monoisotopic (exact) mass is 251 g/mol. The van der Waals surface area contributed by atoms with Crippen molar-refractivity contribution in [2.75, 3.05) is 49.6 Å². The van der Waals surface area contributed by atoms with Crippen molar-refractivity contribution < 1.29 is 0 Å². The predicted octanol–water partition coefficient (Wildman–Crippen LogP) is 1.88. The Bertz CT molecular complexity index is 331. The number of aromatic nitrogens is 1. The number of hydrogen-bond acceptors (Lipinski definition) is 4. The second-order valence-electron chi connectivity index (χ2n) is 4.52. The van der Waals surface area contributed by atoms with Crippen LogP contribution in [0.15, 0.2) is 18.3 Å². The second-order valence-corrected chi connectivity index (χ2v) is 5.50. The van der Waals surface area contributed by atoms with Gasteiger partial charge in [0.1, 0.15) is 5.82 Å². The van der Waals surface area contributed by atoms with Crippen molar-refractivity contribution in [3.63, 3.8) is 0 Å². The number of hydrogen-bond donors (Lipinski definition) is 0. The molecule has 3 nitrogen and oxygen atoms in total. The van der Waals surface area contributed by atoms with Crippen LogP contribution in [0.3, 0.4) is 0 Å². The van der Waals surface area contributed by atoms with Crippen molar-refractivity contribution in [2.45, 2.75) is 6.92 Å². The van der Waals surface area contributed by atoms with Crippen molar-refractivity contribution in [2.24, 2.45) is 0 Å². The molecule has 0 atom stereocenters. The van der Waals surface area contributed by atoms with E-state index in [0.29, 0.717) is 0 Å². The first-order valence-corrected chi connectivity index (χ1v) is 7.58. The normalized spacial score (nSPS) is 17.4. The molecule has 0 spiro atoms. The minimum absolute atomic E-state index is 1.10. The van der Waals surface area contributed by atoms with Gasteiger partial charge in [0.2, 0.25) is 0 Å². The van der Waals surface area contributed by atoms with Gasteiger partial charge in [0.05, 0.1) is 0 Å². The molecule has 4 heteroatoms. The third kappa shape index (κ3) is 3.61. The summed E-state index contributed by atoms with van der Waals surface area (Å²) in [5, 5.41) is 0. The lowest BCUT2D eigenvalue weighted by atomic mass is 10.3. The van der Waals surface area contributed by atoms with Crippen LogP contribution < -0.4 is 4.90 Å². The van der Waals surface area contributed by atoms with Gasteiger partial charge in [-0.2, -0.15) is 11.8 Å². The number of anilines is 1. The molecule has 1 fully saturated rings. The lowest BCUT2D eigenvalue weighted by molar-refractivity contribution is 0.273. The van der Waals surface area contributed by atoms with Crippen molar-refractivity contribution >= 4 is 17.6 Å². The van der Waals surface area contributed by atoms with Crippen LogP contribution in [0.25, 0.3) is 0 Å². The maximum atomic E-state index is 4.49. The molecule has 0 radical (unpaired) electrons. The van der Waals surface area contributed by atoms with Gasteiger partial charge in [-0.25, -0.2) is 4.98 Å². The van der Waals surface area contributed by atoms with E-state index in [-0.39, 0.29) is 0 Å². The molecule has 1 aromatic heterocycles. The van der Waals surface area contributed by atoms with Crippen LogP contribution >= 0.6 is 11.8 Å². The highest BCUT2D eigenvalue weighted by Crippen LogP contribution is 2.13. The molecule has 17 heavy (non-hydrogen) atoms. The number of thioether (sulfide) groups is 1. The first-order valence-electron chi connectivity index (χ1n) is 6.18. The number of nitrogens with zero attached hydrogens (tertiary/aromatic N) is 3. The maximum Gasteiger partial charge on any atom is 0.128 e. The van der Waals surface area contributed by atoms with Crippen molar-refractivity contribution in [1.82, 2.24) is 9.88 Å². The number of piperazine rings is 1. The largest absolute Gasteiger partial charge is 0.354 e. The van der Waals surface area contributed by atoms with E-state index in [0.717, 1.165) is 32.0 Å². The molecular formula is C13H21N3S. The number of rotatable bonds is 4. The van der Waals surface area contributed by atoms with E-state index in [4.69, 9.17) is 0 Å². The number of pyridine rings is 1. The van der Waals surface area contributed by atoms with Gasteiger partial charge in [-0.1, -0.05) is 6.07 Å². The first-order chi connectivity index (χ1) is 8.29. The summed E-state index contributed by atoms with van der Waals surface area (Å²) in [7, 11) is 0. The average Bonchev–Trinajstić information content (AvgIpc) is 2.38. The fourth-order valence-electron chi connectivity index (χ4n) is 2.07. The highest BCUT2D eigenvalue weighted by Gasteiger charge is 2.17. The molecule has 1 aliphatic rings. The Hall–Kier alpha value is -0.740. The van der Waals surface area contributed by atoms with Gasteiger partial charge in [0, 0.05) is 44.7 Å². The molecule has 2 rings (SSSR count). The molecule has 0 amide bonds. The SMILES string of the molecule is CSCCN1CCN(c2ccc(C)cn2)CC1. The highest BCUT2D eigenvalue weighted by atomic mass is 32.2. The highest BCUT2D eigenvalue weighted by molar-refractivity contribution is 7.98. The Morgan fingerprint density at radius 1 is 1.24 bits per heavy atom. The summed E-state index contributed by atoms with van der Waals surface area (Å²) in [5.41, 5.74) is 1.23. The topological polar surface area (TPSA) is 19.4 Å². The zero-order valence-electron chi connectivity index (χ0n) is 10.7. The Kier molecular flexibility index (Phi) is 4.68. The van der Waals surface area contributed by atoms with Gasteiger partial charge in [0.25, 0.3) is 0 Å². The molecule has 0 saturated carbocycles. The van der Waals surface area contributed by atoms with E-state index in [1.165, 1.54) is 17.9 Å². The molecule has 1 saturated heterocycles. The Morgan fingerprint density at radius 3 is 2.59 bits per heavy atom. The van der Waals surface area contributed by atoms with Crippen LogP contribution in [0, 0.1) is 6.92 Å². The van der Waals surface area contributed by atoms with Crippen molar-refractivity contribution in [3.8, 4) is 0 Å². The summed E-state index contributed by atoms with van der Waals surface area (Å²) in [6, 6.07) is 4.27.